The maximum Gasteiger partial charge on any atom is 0.286 e. The molecule has 1 fully saturated rings. The van der Waals surface area contributed by atoms with Crippen molar-refractivity contribution in [3.63, 3.8) is 0 Å². The summed E-state index contributed by atoms with van der Waals surface area (Å²) in [5, 5.41) is 5.04. The summed E-state index contributed by atoms with van der Waals surface area (Å²) >= 11 is 6.45. The molecule has 10 nitrogen and oxygen atoms in total. The van der Waals surface area contributed by atoms with E-state index in [1.165, 1.54) is 11.1 Å². The molecule has 3 heterocycles. The third-order valence-corrected chi connectivity index (χ3v) is 11.8. The molecule has 1 saturated carbocycles. The third-order valence-electron chi connectivity index (χ3n) is 9.76. The van der Waals surface area contributed by atoms with Crippen molar-refractivity contribution in [3.8, 4) is 5.75 Å². The van der Waals surface area contributed by atoms with Gasteiger partial charge in [-0.05, 0) is 111 Å². The molecule has 6 rings (SSSR count). The third kappa shape index (κ3) is 8.93. The second kappa shape index (κ2) is 15.9. The van der Waals surface area contributed by atoms with Crippen LogP contribution in [0.1, 0.15) is 72.1 Å². The van der Waals surface area contributed by atoms with Crippen LogP contribution in [0.3, 0.4) is 0 Å². The normalized spacial score (nSPS) is 25.3. The van der Waals surface area contributed by atoms with E-state index in [2.05, 4.69) is 43.4 Å². The Hall–Kier alpha value is -3.67. The molecule has 2 amide bonds. The highest BCUT2D eigenvalue weighted by Gasteiger charge is 2.38. The molecule has 49 heavy (non-hydrogen) atoms. The number of carbonyl (C=O) groups excluding carboxylic acids is 2. The molecular weight excluding hydrogens is 662 g/mol. The number of rotatable bonds is 5. The Morgan fingerprint density at radius 1 is 1.12 bits per heavy atom. The summed E-state index contributed by atoms with van der Waals surface area (Å²) < 4.78 is 35.1. The summed E-state index contributed by atoms with van der Waals surface area (Å²) in [7, 11) is -1.67. The van der Waals surface area contributed by atoms with Crippen LogP contribution in [0.15, 0.2) is 65.2 Å². The predicted octanol–water partition coefficient (Wildman–Crippen LogP) is 6.69. The zero-order chi connectivity index (χ0) is 34.4. The number of carbonyl (C=O) groups is 2. The number of aromatic nitrogens is 2. The largest absolute Gasteiger partial charge is 0.491 e. The SMILES string of the molecule is CO[C@H]1/C=C/CCC[S@@](=O)(NC(=O)CCn2ccc(C)n2)=NC(=O)c2ccc3c(c2)N(Cc2ccc(Cl)cc2CCCCO3)C[C@@H]2CC[C@H]21. The standard InChI is InChI=1S/C37H46ClN5O5S/c1-26-16-18-43(39-26)19-17-36(44)40-49(46)21-7-3-4-9-34(47-2)32-14-11-30(32)25-42-24-29-10-13-31(38)22-27(29)8-5-6-20-48-35-15-12-28(23-33(35)42)37(45)41-49/h4,9-10,12-13,15-16,18,22-23,30,32,34H,3,5-8,11,14,17,19-21,24-25H2,1-2H3,(H,40,41,44,45,46)/b9-4+/t30-,32+,34-,49+/m0/s1. The van der Waals surface area contributed by atoms with Gasteiger partial charge in [0, 0.05) is 49.9 Å². The molecule has 0 radical (unpaired) electrons. The Labute approximate surface area is 294 Å². The van der Waals surface area contributed by atoms with Crippen molar-refractivity contribution in [2.24, 2.45) is 16.2 Å². The van der Waals surface area contributed by atoms with Crippen molar-refractivity contribution in [3.05, 3.63) is 88.2 Å². The fourth-order valence-corrected chi connectivity index (χ4v) is 8.78. The van der Waals surface area contributed by atoms with Crippen LogP contribution in [0.2, 0.25) is 5.02 Å². The van der Waals surface area contributed by atoms with Gasteiger partial charge in [-0.15, -0.1) is 4.36 Å². The van der Waals surface area contributed by atoms with Crippen molar-refractivity contribution in [2.45, 2.75) is 77.5 Å². The Morgan fingerprint density at radius 2 is 2.00 bits per heavy atom. The van der Waals surface area contributed by atoms with Crippen molar-refractivity contribution >= 4 is 39.0 Å². The van der Waals surface area contributed by atoms with Crippen LogP contribution in [0.25, 0.3) is 0 Å². The van der Waals surface area contributed by atoms with Gasteiger partial charge >= 0.3 is 0 Å². The number of aryl methyl sites for hydroxylation is 3. The van der Waals surface area contributed by atoms with Crippen molar-refractivity contribution in [2.75, 3.05) is 30.9 Å². The first kappa shape index (κ1) is 35.2. The predicted molar refractivity (Wildman–Crippen MR) is 192 cm³/mol. The molecule has 0 saturated heterocycles. The van der Waals surface area contributed by atoms with Gasteiger partial charge < -0.3 is 14.4 Å². The van der Waals surface area contributed by atoms with Gasteiger partial charge in [0.25, 0.3) is 5.91 Å². The lowest BCUT2D eigenvalue weighted by atomic mass is 9.70. The van der Waals surface area contributed by atoms with E-state index in [1.54, 1.807) is 24.1 Å². The van der Waals surface area contributed by atoms with E-state index in [9.17, 15) is 13.8 Å². The zero-order valence-electron chi connectivity index (χ0n) is 28.3. The van der Waals surface area contributed by atoms with Gasteiger partial charge in [0.05, 0.1) is 29.8 Å². The second-order valence-corrected chi connectivity index (χ2v) is 15.8. The summed E-state index contributed by atoms with van der Waals surface area (Å²) in [5.41, 5.74) is 4.32. The number of fused-ring (bicyclic) bond motifs is 3. The molecule has 262 valence electrons. The summed E-state index contributed by atoms with van der Waals surface area (Å²) in [6.45, 7) is 4.08. The number of allylic oxidation sites excluding steroid dienone is 1. The van der Waals surface area contributed by atoms with E-state index >= 15 is 0 Å². The van der Waals surface area contributed by atoms with Gasteiger partial charge in [-0.1, -0.05) is 29.8 Å². The fraction of sp³-hybridized carbons (Fsp3) is 0.486. The molecule has 3 aliphatic rings. The quantitative estimate of drug-likeness (QED) is 0.294. The number of nitrogens with one attached hydrogen (secondary N) is 1. The topological polar surface area (TPSA) is 115 Å². The highest BCUT2D eigenvalue weighted by molar-refractivity contribution is 7.92. The number of hydrogen-bond acceptors (Lipinski definition) is 7. The van der Waals surface area contributed by atoms with Crippen LogP contribution in [0.4, 0.5) is 5.69 Å². The maximum atomic E-state index is 14.2. The lowest BCUT2D eigenvalue weighted by Crippen LogP contribution is -2.43. The van der Waals surface area contributed by atoms with Gasteiger partial charge in [-0.25, -0.2) is 4.21 Å². The lowest BCUT2D eigenvalue weighted by Gasteiger charge is -2.43. The van der Waals surface area contributed by atoms with E-state index in [-0.39, 0.29) is 18.3 Å². The van der Waals surface area contributed by atoms with Crippen LogP contribution in [-0.4, -0.2) is 57.9 Å². The molecule has 0 spiro atoms. The minimum atomic E-state index is -3.42. The molecule has 4 atom stereocenters. The van der Waals surface area contributed by atoms with Crippen LogP contribution in [-0.2, 0) is 39.0 Å². The van der Waals surface area contributed by atoms with Crippen LogP contribution < -0.4 is 14.4 Å². The first-order valence-electron chi connectivity index (χ1n) is 17.3. The fourth-order valence-electron chi connectivity index (χ4n) is 6.95. The highest BCUT2D eigenvalue weighted by Crippen LogP contribution is 2.42. The van der Waals surface area contributed by atoms with Gasteiger partial charge in [0.2, 0.25) is 5.91 Å². The van der Waals surface area contributed by atoms with E-state index in [1.807, 2.05) is 31.2 Å². The van der Waals surface area contributed by atoms with Crippen molar-refractivity contribution in [1.29, 1.82) is 0 Å². The smallest absolute Gasteiger partial charge is 0.286 e. The van der Waals surface area contributed by atoms with Gasteiger partial charge in [0.15, 0.2) is 0 Å². The number of halogens is 1. The summed E-state index contributed by atoms with van der Waals surface area (Å²) in [6, 6.07) is 13.3. The van der Waals surface area contributed by atoms with Gasteiger partial charge in [-0.2, -0.15) is 5.10 Å². The van der Waals surface area contributed by atoms with E-state index < -0.39 is 21.7 Å². The molecule has 3 aromatic rings. The number of benzene rings is 2. The van der Waals surface area contributed by atoms with E-state index in [0.717, 1.165) is 50.0 Å². The van der Waals surface area contributed by atoms with E-state index in [0.29, 0.717) is 60.7 Å². The van der Waals surface area contributed by atoms with Crippen LogP contribution in [0.5, 0.6) is 5.75 Å². The first-order chi connectivity index (χ1) is 23.7. The number of nitrogens with zero attached hydrogens (tertiary/aromatic N) is 4. The average molecular weight is 708 g/mol. The Balaban J connectivity index is 1.37. The molecule has 1 aromatic heterocycles. The Morgan fingerprint density at radius 3 is 2.78 bits per heavy atom. The van der Waals surface area contributed by atoms with Crippen molar-refractivity contribution < 1.29 is 23.3 Å². The van der Waals surface area contributed by atoms with Gasteiger partial charge in [0.1, 0.15) is 15.7 Å². The highest BCUT2D eigenvalue weighted by atomic mass is 35.5. The summed E-state index contributed by atoms with van der Waals surface area (Å²) in [5.74, 6) is 0.356. The summed E-state index contributed by atoms with van der Waals surface area (Å²) in [4.78, 5) is 29.2. The van der Waals surface area contributed by atoms with Crippen molar-refractivity contribution in [1.82, 2.24) is 14.5 Å². The molecule has 2 aromatic carbocycles. The molecule has 1 aliphatic carbocycles. The number of ether oxygens (including phenoxy) is 2. The zero-order valence-corrected chi connectivity index (χ0v) is 29.9. The Bertz CT molecular complexity index is 1820. The average Bonchev–Trinajstić information content (AvgIpc) is 3.48. The minimum Gasteiger partial charge on any atom is -0.491 e. The van der Waals surface area contributed by atoms with Crippen LogP contribution in [0, 0.1) is 18.8 Å². The molecule has 2 bridgehead atoms. The molecular formula is C37H46ClN5O5S. The maximum absolute atomic E-state index is 14.2. The van der Waals surface area contributed by atoms with Crippen LogP contribution >= 0.6 is 11.6 Å². The summed E-state index contributed by atoms with van der Waals surface area (Å²) in [6.07, 6.45) is 11.9. The molecule has 0 unspecified atom stereocenters. The molecule has 12 heteroatoms. The second-order valence-electron chi connectivity index (χ2n) is 13.3. The number of hydrogen-bond donors (Lipinski definition) is 1. The molecule has 1 N–H and O–H groups in total. The number of anilines is 1. The Kier molecular flexibility index (Phi) is 11.4. The number of amides is 2. The monoisotopic (exact) mass is 707 g/mol. The number of methoxy groups -OCH3 is 1. The first-order valence-corrected chi connectivity index (χ1v) is 19.3. The van der Waals surface area contributed by atoms with E-state index in [4.69, 9.17) is 21.1 Å². The molecule has 2 aliphatic heterocycles. The van der Waals surface area contributed by atoms with Gasteiger partial charge in [-0.3, -0.25) is 19.0 Å². The minimum absolute atomic E-state index is 0.0406. The lowest BCUT2D eigenvalue weighted by molar-refractivity contribution is -0.119.